The van der Waals surface area contributed by atoms with Gasteiger partial charge in [0.2, 0.25) is 5.95 Å². The zero-order valence-corrected chi connectivity index (χ0v) is 22.4. The summed E-state index contributed by atoms with van der Waals surface area (Å²) in [6.45, 7) is 10.5. The van der Waals surface area contributed by atoms with Crippen molar-refractivity contribution in [2.75, 3.05) is 31.5 Å². The first-order valence-corrected chi connectivity index (χ1v) is 13.6. The molecule has 6 rings (SSSR count). The van der Waals surface area contributed by atoms with Gasteiger partial charge in [-0.2, -0.15) is 0 Å². The number of hydrogen-bond donors (Lipinski definition) is 1. The lowest BCUT2D eigenvalue weighted by atomic mass is 9.91. The van der Waals surface area contributed by atoms with E-state index in [1.54, 1.807) is 0 Å². The first-order chi connectivity index (χ1) is 18.5. The van der Waals surface area contributed by atoms with Gasteiger partial charge in [-0.3, -0.25) is 14.3 Å². The summed E-state index contributed by atoms with van der Waals surface area (Å²) < 4.78 is 2.20. The molecule has 2 aliphatic heterocycles. The van der Waals surface area contributed by atoms with Crippen LogP contribution in [0.15, 0.2) is 90.1 Å². The molecule has 1 amide bonds. The number of para-hydroxylation sites is 2. The molecule has 3 heterocycles. The lowest BCUT2D eigenvalue weighted by molar-refractivity contribution is -0.129. The van der Waals surface area contributed by atoms with E-state index in [2.05, 4.69) is 89.3 Å². The monoisotopic (exact) mass is 505 g/mol. The maximum Gasteiger partial charge on any atom is 0.254 e. The normalized spacial score (nSPS) is 18.1. The first kappa shape index (κ1) is 24.4. The van der Waals surface area contributed by atoms with Gasteiger partial charge in [0.1, 0.15) is 0 Å². The fraction of sp³-hybridized carbons (Fsp3) is 0.312. The second-order valence-corrected chi connectivity index (χ2v) is 10.7. The van der Waals surface area contributed by atoms with Crippen molar-refractivity contribution in [1.29, 1.82) is 0 Å². The number of piperazine rings is 1. The molecule has 6 heteroatoms. The fourth-order valence-electron chi connectivity index (χ4n) is 5.74. The van der Waals surface area contributed by atoms with Crippen LogP contribution in [0.5, 0.6) is 0 Å². The summed E-state index contributed by atoms with van der Waals surface area (Å²) in [5.41, 5.74) is 7.34. The average Bonchev–Trinajstić information content (AvgIpc) is 3.31. The molecule has 0 aliphatic carbocycles. The van der Waals surface area contributed by atoms with Gasteiger partial charge < -0.3 is 10.2 Å². The van der Waals surface area contributed by atoms with Crippen molar-refractivity contribution in [1.82, 2.24) is 19.4 Å². The number of nitrogens with one attached hydrogen (secondary N) is 1. The van der Waals surface area contributed by atoms with E-state index in [1.807, 2.05) is 30.0 Å². The minimum atomic E-state index is -0.241. The van der Waals surface area contributed by atoms with Crippen LogP contribution in [-0.2, 0) is 11.3 Å². The topological polar surface area (TPSA) is 53.4 Å². The molecule has 2 aliphatic rings. The molecule has 0 spiro atoms. The second-order valence-electron chi connectivity index (χ2n) is 10.7. The van der Waals surface area contributed by atoms with E-state index in [4.69, 9.17) is 4.98 Å². The number of amides is 1. The summed E-state index contributed by atoms with van der Waals surface area (Å²) in [5, 5.41) is 3.46. The molecule has 1 fully saturated rings. The maximum atomic E-state index is 14.2. The van der Waals surface area contributed by atoms with Crippen LogP contribution >= 0.6 is 0 Å². The van der Waals surface area contributed by atoms with Gasteiger partial charge in [-0.05, 0) is 41.7 Å². The molecule has 1 N–H and O–H groups in total. The van der Waals surface area contributed by atoms with Crippen LogP contribution in [0.1, 0.15) is 49.4 Å². The van der Waals surface area contributed by atoms with Gasteiger partial charge in [0.05, 0.1) is 22.6 Å². The lowest BCUT2D eigenvalue weighted by Crippen LogP contribution is -2.49. The Labute approximate surface area is 224 Å². The van der Waals surface area contributed by atoms with E-state index in [-0.39, 0.29) is 11.9 Å². The van der Waals surface area contributed by atoms with E-state index >= 15 is 0 Å². The van der Waals surface area contributed by atoms with E-state index in [9.17, 15) is 4.79 Å². The number of anilines is 1. The van der Waals surface area contributed by atoms with Crippen LogP contribution in [0, 0.1) is 0 Å². The zero-order chi connectivity index (χ0) is 26.2. The largest absolute Gasteiger partial charge is 0.336 e. The van der Waals surface area contributed by atoms with Gasteiger partial charge in [0.25, 0.3) is 5.91 Å². The summed E-state index contributed by atoms with van der Waals surface area (Å²) in [4.78, 5) is 23.6. The molecular weight excluding hydrogens is 470 g/mol. The summed E-state index contributed by atoms with van der Waals surface area (Å²) >= 11 is 0. The highest BCUT2D eigenvalue weighted by molar-refractivity contribution is 5.98. The molecule has 0 bridgehead atoms. The number of nitrogens with zero attached hydrogens (tertiary/aromatic N) is 4. The number of imidazole rings is 1. The van der Waals surface area contributed by atoms with Crippen LogP contribution < -0.4 is 5.32 Å². The van der Waals surface area contributed by atoms with Crippen LogP contribution in [-0.4, -0.2) is 51.4 Å². The van der Waals surface area contributed by atoms with E-state index in [1.165, 1.54) is 11.1 Å². The molecule has 1 aromatic heterocycles. The average molecular weight is 506 g/mol. The Morgan fingerprint density at radius 3 is 2.32 bits per heavy atom. The molecule has 0 radical (unpaired) electrons. The van der Waals surface area contributed by atoms with Crippen LogP contribution in [0.3, 0.4) is 0 Å². The molecule has 4 aromatic rings. The van der Waals surface area contributed by atoms with Crippen molar-refractivity contribution >= 4 is 22.9 Å². The smallest absolute Gasteiger partial charge is 0.254 e. The van der Waals surface area contributed by atoms with Gasteiger partial charge in [-0.15, -0.1) is 0 Å². The Hall–Kier alpha value is -3.90. The fourth-order valence-corrected chi connectivity index (χ4v) is 5.74. The standard InChI is InChI=1S/C32H35N5O/c1-22(2)25-13-15-26(16-14-25)30-29(23(3)33-32-34-27-11-7-8-12-28(27)37(30)32)31(38)36-19-17-35(18-20-36)21-24-9-5-4-6-10-24/h4-16,22,30H,17-21H2,1-3H3,(H,33,34)/t30-/m0/s1. The first-order valence-electron chi connectivity index (χ1n) is 13.6. The van der Waals surface area contributed by atoms with Crippen molar-refractivity contribution in [2.24, 2.45) is 0 Å². The number of allylic oxidation sites excluding steroid dienone is 1. The molecular formula is C32H35N5O. The van der Waals surface area contributed by atoms with E-state index in [0.717, 1.165) is 66.5 Å². The number of aromatic nitrogens is 2. The number of rotatable bonds is 5. The zero-order valence-electron chi connectivity index (χ0n) is 22.4. The molecule has 3 aromatic carbocycles. The van der Waals surface area contributed by atoms with Crippen molar-refractivity contribution in [3.05, 3.63) is 107 Å². The van der Waals surface area contributed by atoms with E-state index < -0.39 is 0 Å². The molecule has 194 valence electrons. The van der Waals surface area contributed by atoms with Crippen molar-refractivity contribution in [3.8, 4) is 0 Å². The third-order valence-electron chi connectivity index (χ3n) is 7.89. The Kier molecular flexibility index (Phi) is 6.50. The minimum Gasteiger partial charge on any atom is -0.336 e. The Bertz CT molecular complexity index is 1480. The lowest BCUT2D eigenvalue weighted by Gasteiger charge is -2.38. The Morgan fingerprint density at radius 2 is 1.61 bits per heavy atom. The summed E-state index contributed by atoms with van der Waals surface area (Å²) in [5.74, 6) is 1.34. The quantitative estimate of drug-likeness (QED) is 0.373. The highest BCUT2D eigenvalue weighted by Gasteiger charge is 2.36. The summed E-state index contributed by atoms with van der Waals surface area (Å²) in [6, 6.07) is 27.2. The van der Waals surface area contributed by atoms with Crippen molar-refractivity contribution < 1.29 is 4.79 Å². The maximum absolute atomic E-state index is 14.2. The van der Waals surface area contributed by atoms with Crippen LogP contribution in [0.4, 0.5) is 5.95 Å². The highest BCUT2D eigenvalue weighted by Crippen LogP contribution is 2.40. The molecule has 1 atom stereocenters. The van der Waals surface area contributed by atoms with Crippen molar-refractivity contribution in [2.45, 2.75) is 39.3 Å². The Balaban J connectivity index is 1.32. The number of benzene rings is 3. The molecule has 0 saturated carbocycles. The summed E-state index contributed by atoms with van der Waals surface area (Å²) in [6.07, 6.45) is 0. The second kappa shape index (κ2) is 10.1. The number of fused-ring (bicyclic) bond motifs is 3. The molecule has 1 saturated heterocycles. The van der Waals surface area contributed by atoms with Crippen LogP contribution in [0.2, 0.25) is 0 Å². The SMILES string of the molecule is CC1=C(C(=O)N2CCN(Cc3ccccc3)CC2)[C@H](c2ccc(C(C)C)cc2)n2c(nc3ccccc32)N1. The van der Waals surface area contributed by atoms with Gasteiger partial charge in [-0.1, -0.05) is 80.6 Å². The third kappa shape index (κ3) is 4.50. The number of carbonyl (C=O) groups is 1. The van der Waals surface area contributed by atoms with Crippen LogP contribution in [0.25, 0.3) is 11.0 Å². The molecule has 6 nitrogen and oxygen atoms in total. The van der Waals surface area contributed by atoms with Gasteiger partial charge in [0.15, 0.2) is 0 Å². The van der Waals surface area contributed by atoms with Crippen molar-refractivity contribution in [3.63, 3.8) is 0 Å². The Morgan fingerprint density at radius 1 is 0.921 bits per heavy atom. The van der Waals surface area contributed by atoms with Gasteiger partial charge >= 0.3 is 0 Å². The summed E-state index contributed by atoms with van der Waals surface area (Å²) in [7, 11) is 0. The van der Waals surface area contributed by atoms with Gasteiger partial charge in [0, 0.05) is 38.4 Å². The predicted molar refractivity (Wildman–Crippen MR) is 153 cm³/mol. The highest BCUT2D eigenvalue weighted by atomic mass is 16.2. The number of hydrogen-bond acceptors (Lipinski definition) is 4. The predicted octanol–water partition coefficient (Wildman–Crippen LogP) is 5.79. The van der Waals surface area contributed by atoms with Gasteiger partial charge in [-0.25, -0.2) is 4.98 Å². The molecule has 38 heavy (non-hydrogen) atoms. The molecule has 0 unspecified atom stereocenters. The number of carbonyl (C=O) groups excluding carboxylic acids is 1. The van der Waals surface area contributed by atoms with E-state index in [0.29, 0.717) is 5.92 Å². The minimum absolute atomic E-state index is 0.107. The third-order valence-corrected chi connectivity index (χ3v) is 7.89.